The molecule has 0 fully saturated rings. The van der Waals surface area contributed by atoms with Crippen LogP contribution < -0.4 is 0 Å². The Labute approximate surface area is 99.8 Å². The van der Waals surface area contributed by atoms with Gasteiger partial charge in [0, 0.05) is 4.88 Å². The number of hydrogen-bond donors (Lipinski definition) is 0. The van der Waals surface area contributed by atoms with Gasteiger partial charge in [0.15, 0.2) is 5.78 Å². The first kappa shape index (κ1) is 11.1. The molecule has 0 spiro atoms. The molecular weight excluding hydrogens is 216 g/mol. The van der Waals surface area contributed by atoms with Gasteiger partial charge < -0.3 is 0 Å². The molecule has 0 saturated heterocycles. The number of thiophene rings is 1. The topological polar surface area (TPSA) is 17.1 Å². The highest BCUT2D eigenvalue weighted by atomic mass is 32.1. The molecule has 0 aliphatic carbocycles. The lowest BCUT2D eigenvalue weighted by Gasteiger charge is -2.00. The second-order valence-corrected chi connectivity index (χ2v) is 4.86. The fourth-order valence-corrected chi connectivity index (χ4v) is 2.74. The number of rotatable bonds is 3. The molecule has 0 aliphatic rings. The molecule has 1 aromatic heterocycles. The van der Waals surface area contributed by atoms with Crippen LogP contribution in [0.4, 0.5) is 0 Å². The fourth-order valence-electron chi connectivity index (χ4n) is 1.73. The molecule has 0 radical (unpaired) electrons. The maximum Gasteiger partial charge on any atom is 0.169 e. The Balaban J connectivity index is 2.52. The lowest BCUT2D eigenvalue weighted by molar-refractivity contribution is 0.102. The minimum atomic E-state index is 0.155. The predicted octanol–water partition coefficient (Wildman–Crippen LogP) is 4.18. The van der Waals surface area contributed by atoms with Gasteiger partial charge in [-0.1, -0.05) is 37.3 Å². The average Bonchev–Trinajstić information content (AvgIpc) is 2.74. The third kappa shape index (κ3) is 2.07. The van der Waals surface area contributed by atoms with Crippen LogP contribution in [0, 0.1) is 0 Å². The molecule has 16 heavy (non-hydrogen) atoms. The van der Waals surface area contributed by atoms with E-state index in [1.807, 2.05) is 24.3 Å². The van der Waals surface area contributed by atoms with E-state index in [0.29, 0.717) is 0 Å². The molecule has 2 heteroatoms. The molecule has 2 rings (SSSR count). The van der Waals surface area contributed by atoms with Crippen molar-refractivity contribution < 1.29 is 4.79 Å². The van der Waals surface area contributed by atoms with E-state index in [2.05, 4.69) is 19.1 Å². The van der Waals surface area contributed by atoms with E-state index in [9.17, 15) is 4.79 Å². The zero-order valence-electron chi connectivity index (χ0n) is 9.49. The maximum atomic E-state index is 11.4. The van der Waals surface area contributed by atoms with Crippen LogP contribution in [0.25, 0.3) is 11.1 Å². The van der Waals surface area contributed by atoms with Crippen LogP contribution in [-0.2, 0) is 6.42 Å². The quantitative estimate of drug-likeness (QED) is 0.723. The van der Waals surface area contributed by atoms with Crippen molar-refractivity contribution in [3.63, 3.8) is 0 Å². The van der Waals surface area contributed by atoms with Crippen molar-refractivity contribution in [2.24, 2.45) is 0 Å². The second kappa shape index (κ2) is 4.62. The fraction of sp³-hybridized carbons (Fsp3) is 0.214. The zero-order chi connectivity index (χ0) is 11.5. The van der Waals surface area contributed by atoms with Crippen LogP contribution in [0.15, 0.2) is 36.4 Å². The van der Waals surface area contributed by atoms with Gasteiger partial charge in [0.25, 0.3) is 0 Å². The van der Waals surface area contributed by atoms with Crippen molar-refractivity contribution in [3.8, 4) is 11.1 Å². The van der Waals surface area contributed by atoms with Gasteiger partial charge in [0.1, 0.15) is 0 Å². The highest BCUT2D eigenvalue weighted by Crippen LogP contribution is 2.32. The monoisotopic (exact) mass is 230 g/mol. The second-order valence-electron chi connectivity index (χ2n) is 3.72. The van der Waals surface area contributed by atoms with Crippen molar-refractivity contribution in [1.82, 2.24) is 0 Å². The third-order valence-corrected chi connectivity index (χ3v) is 3.94. The summed E-state index contributed by atoms with van der Waals surface area (Å²) < 4.78 is 0. The van der Waals surface area contributed by atoms with E-state index >= 15 is 0 Å². The molecule has 1 nitrogen and oxygen atoms in total. The molecule has 1 heterocycles. The first-order chi connectivity index (χ1) is 7.72. The lowest BCUT2D eigenvalue weighted by atomic mass is 10.1. The molecule has 0 amide bonds. The first-order valence-electron chi connectivity index (χ1n) is 5.41. The number of Topliss-reactive ketones (excluding diaryl/α,β-unsaturated/α-hetero) is 1. The SMILES string of the molecule is CCc1sc(C(C)=O)cc1-c1ccccc1. The first-order valence-corrected chi connectivity index (χ1v) is 6.23. The predicted molar refractivity (Wildman–Crippen MR) is 69.1 cm³/mol. The van der Waals surface area contributed by atoms with Gasteiger partial charge in [-0.2, -0.15) is 0 Å². The standard InChI is InChI=1S/C14H14OS/c1-3-13-12(9-14(16-13)10(2)15)11-7-5-4-6-8-11/h4-9H,3H2,1-2H3. The van der Waals surface area contributed by atoms with E-state index in [4.69, 9.17) is 0 Å². The molecule has 0 saturated carbocycles. The smallest absolute Gasteiger partial charge is 0.169 e. The number of carbonyl (C=O) groups is 1. The molecule has 0 N–H and O–H groups in total. The summed E-state index contributed by atoms with van der Waals surface area (Å²) in [5.41, 5.74) is 2.40. The lowest BCUT2D eigenvalue weighted by Crippen LogP contribution is -1.84. The highest BCUT2D eigenvalue weighted by Gasteiger charge is 2.11. The summed E-state index contributed by atoms with van der Waals surface area (Å²) in [7, 11) is 0. The third-order valence-electron chi connectivity index (χ3n) is 2.56. The molecular formula is C14H14OS. The summed E-state index contributed by atoms with van der Waals surface area (Å²) in [5, 5.41) is 0. The number of benzene rings is 1. The van der Waals surface area contributed by atoms with Gasteiger partial charge in [-0.05, 0) is 30.5 Å². The molecule has 0 aliphatic heterocycles. The molecule has 2 aromatic rings. The Morgan fingerprint density at radius 3 is 2.50 bits per heavy atom. The van der Waals surface area contributed by atoms with Crippen molar-refractivity contribution >= 4 is 17.1 Å². The van der Waals surface area contributed by atoms with Gasteiger partial charge in [-0.3, -0.25) is 4.79 Å². The van der Waals surface area contributed by atoms with Crippen LogP contribution in [0.5, 0.6) is 0 Å². The summed E-state index contributed by atoms with van der Waals surface area (Å²) in [4.78, 5) is 13.5. The summed E-state index contributed by atoms with van der Waals surface area (Å²) in [5.74, 6) is 0.155. The van der Waals surface area contributed by atoms with E-state index in [1.54, 1.807) is 18.3 Å². The summed E-state index contributed by atoms with van der Waals surface area (Å²) in [6, 6.07) is 12.3. The number of aryl methyl sites for hydroxylation is 1. The molecule has 0 unspecified atom stereocenters. The average molecular weight is 230 g/mol. The Morgan fingerprint density at radius 1 is 1.25 bits per heavy atom. The van der Waals surface area contributed by atoms with Gasteiger partial charge in [-0.25, -0.2) is 0 Å². The minimum absolute atomic E-state index is 0.155. The van der Waals surface area contributed by atoms with Gasteiger partial charge >= 0.3 is 0 Å². The molecule has 0 bridgehead atoms. The van der Waals surface area contributed by atoms with Crippen molar-refractivity contribution in [3.05, 3.63) is 46.2 Å². The van der Waals surface area contributed by atoms with E-state index in [0.717, 1.165) is 11.3 Å². The summed E-state index contributed by atoms with van der Waals surface area (Å²) in [6.45, 7) is 3.75. The maximum absolute atomic E-state index is 11.4. The van der Waals surface area contributed by atoms with Crippen LogP contribution in [0.2, 0.25) is 0 Å². The largest absolute Gasteiger partial charge is 0.294 e. The Bertz CT molecular complexity index is 497. The molecule has 0 atom stereocenters. The number of ketones is 1. The number of carbonyl (C=O) groups excluding carboxylic acids is 1. The van der Waals surface area contributed by atoms with E-state index in [-0.39, 0.29) is 5.78 Å². The molecule has 82 valence electrons. The number of hydrogen-bond acceptors (Lipinski definition) is 2. The van der Waals surface area contributed by atoms with Gasteiger partial charge in [-0.15, -0.1) is 11.3 Å². The highest BCUT2D eigenvalue weighted by molar-refractivity contribution is 7.14. The van der Waals surface area contributed by atoms with Crippen molar-refractivity contribution in [2.45, 2.75) is 20.3 Å². The van der Waals surface area contributed by atoms with Gasteiger partial charge in [0.2, 0.25) is 0 Å². The van der Waals surface area contributed by atoms with Crippen molar-refractivity contribution in [2.75, 3.05) is 0 Å². The van der Waals surface area contributed by atoms with Crippen LogP contribution >= 0.6 is 11.3 Å². The Hall–Kier alpha value is -1.41. The zero-order valence-corrected chi connectivity index (χ0v) is 10.3. The van der Waals surface area contributed by atoms with E-state index in [1.165, 1.54) is 16.0 Å². The summed E-state index contributed by atoms with van der Waals surface area (Å²) in [6.07, 6.45) is 0.974. The van der Waals surface area contributed by atoms with Crippen LogP contribution in [0.3, 0.4) is 0 Å². The van der Waals surface area contributed by atoms with E-state index < -0.39 is 0 Å². The summed E-state index contributed by atoms with van der Waals surface area (Å²) >= 11 is 1.61. The van der Waals surface area contributed by atoms with Crippen molar-refractivity contribution in [1.29, 1.82) is 0 Å². The molecule has 1 aromatic carbocycles. The van der Waals surface area contributed by atoms with Crippen LogP contribution in [0.1, 0.15) is 28.4 Å². The normalized spacial score (nSPS) is 10.4. The Morgan fingerprint density at radius 2 is 1.94 bits per heavy atom. The Kier molecular flexibility index (Phi) is 3.20. The van der Waals surface area contributed by atoms with Gasteiger partial charge in [0.05, 0.1) is 4.88 Å². The minimum Gasteiger partial charge on any atom is -0.294 e. The van der Waals surface area contributed by atoms with Crippen LogP contribution in [-0.4, -0.2) is 5.78 Å².